The number of nitrogens with one attached hydrogen (secondary N) is 1. The van der Waals surface area contributed by atoms with E-state index in [0.717, 1.165) is 19.5 Å². The summed E-state index contributed by atoms with van der Waals surface area (Å²) in [5.74, 6) is -0.110. The minimum Gasteiger partial charge on any atom is -0.469 e. The van der Waals surface area contributed by atoms with Crippen LogP contribution in [0.5, 0.6) is 0 Å². The zero-order valence-electron chi connectivity index (χ0n) is 10.9. The summed E-state index contributed by atoms with van der Waals surface area (Å²) < 4.78 is 4.57. The molecule has 0 saturated carbocycles. The van der Waals surface area contributed by atoms with Crippen molar-refractivity contribution < 1.29 is 9.53 Å². The molecule has 0 radical (unpaired) electrons. The number of ether oxygens (including phenoxy) is 1. The number of carbonyl (C=O) groups is 1. The third-order valence-electron chi connectivity index (χ3n) is 2.67. The Bertz CT molecular complexity index is 160. The molecule has 0 aliphatic carbocycles. The summed E-state index contributed by atoms with van der Waals surface area (Å²) in [5.41, 5.74) is 0. The van der Waals surface area contributed by atoms with Gasteiger partial charge in [0.05, 0.1) is 7.11 Å². The maximum atomic E-state index is 10.8. The predicted molar refractivity (Wildman–Crippen MR) is 67.5 cm³/mol. The van der Waals surface area contributed by atoms with Gasteiger partial charge in [-0.15, -0.1) is 0 Å². The first-order valence-electron chi connectivity index (χ1n) is 6.58. The molecular weight excluding hydrogens is 202 g/mol. The molecule has 0 aliphatic heterocycles. The Morgan fingerprint density at radius 3 is 2.31 bits per heavy atom. The molecule has 0 unspecified atom stereocenters. The average Bonchev–Trinajstić information content (AvgIpc) is 2.31. The van der Waals surface area contributed by atoms with Crippen LogP contribution in [-0.4, -0.2) is 26.2 Å². The van der Waals surface area contributed by atoms with E-state index in [2.05, 4.69) is 17.0 Å². The first-order chi connectivity index (χ1) is 7.81. The summed E-state index contributed by atoms with van der Waals surface area (Å²) in [5, 5.41) is 3.35. The monoisotopic (exact) mass is 229 g/mol. The van der Waals surface area contributed by atoms with Gasteiger partial charge >= 0.3 is 5.97 Å². The molecule has 0 spiro atoms. The van der Waals surface area contributed by atoms with Crippen molar-refractivity contribution in [3.63, 3.8) is 0 Å². The van der Waals surface area contributed by atoms with E-state index in [4.69, 9.17) is 0 Å². The van der Waals surface area contributed by atoms with Crippen LogP contribution in [0.25, 0.3) is 0 Å². The van der Waals surface area contributed by atoms with Crippen LogP contribution in [0.4, 0.5) is 0 Å². The largest absolute Gasteiger partial charge is 0.469 e. The van der Waals surface area contributed by atoms with Crippen LogP contribution in [0.2, 0.25) is 0 Å². The molecule has 3 nitrogen and oxygen atoms in total. The van der Waals surface area contributed by atoms with Crippen molar-refractivity contribution in [2.75, 3.05) is 20.2 Å². The smallest absolute Gasteiger partial charge is 0.305 e. The summed E-state index contributed by atoms with van der Waals surface area (Å²) in [6, 6.07) is 0. The Morgan fingerprint density at radius 1 is 1.00 bits per heavy atom. The Morgan fingerprint density at radius 2 is 1.62 bits per heavy atom. The Hall–Kier alpha value is -0.570. The Kier molecular flexibility index (Phi) is 12.1. The number of hydrogen-bond donors (Lipinski definition) is 1. The highest BCUT2D eigenvalue weighted by atomic mass is 16.5. The fourth-order valence-electron chi connectivity index (χ4n) is 1.62. The third kappa shape index (κ3) is 11.5. The van der Waals surface area contributed by atoms with Gasteiger partial charge in [0.15, 0.2) is 0 Å². The van der Waals surface area contributed by atoms with Crippen LogP contribution in [0.1, 0.15) is 58.3 Å². The van der Waals surface area contributed by atoms with Gasteiger partial charge in [0, 0.05) is 6.42 Å². The second kappa shape index (κ2) is 12.5. The highest BCUT2D eigenvalue weighted by Gasteiger charge is 1.98. The zero-order valence-corrected chi connectivity index (χ0v) is 10.9. The number of unbranched alkanes of at least 4 members (excludes halogenated alkanes) is 5. The van der Waals surface area contributed by atoms with Crippen LogP contribution < -0.4 is 5.32 Å². The van der Waals surface area contributed by atoms with E-state index in [1.54, 1.807) is 0 Å². The van der Waals surface area contributed by atoms with Crippen molar-refractivity contribution in [3.05, 3.63) is 0 Å². The lowest BCUT2D eigenvalue weighted by Crippen LogP contribution is -2.17. The molecule has 0 aliphatic rings. The molecule has 3 heteroatoms. The molecule has 96 valence electrons. The molecule has 0 saturated heterocycles. The molecule has 1 N–H and O–H groups in total. The van der Waals surface area contributed by atoms with Crippen LogP contribution in [0.15, 0.2) is 0 Å². The normalized spacial score (nSPS) is 10.4. The summed E-state index contributed by atoms with van der Waals surface area (Å²) in [6.45, 7) is 4.24. The van der Waals surface area contributed by atoms with Crippen molar-refractivity contribution in [1.29, 1.82) is 0 Å². The SMILES string of the molecule is CCCCCCCCNCCCC(=O)OC. The second-order valence-electron chi connectivity index (χ2n) is 4.20. The molecule has 0 aromatic carbocycles. The summed E-state index contributed by atoms with van der Waals surface area (Å²) in [7, 11) is 1.44. The topological polar surface area (TPSA) is 38.3 Å². The maximum absolute atomic E-state index is 10.8. The molecule has 0 aromatic heterocycles. The van der Waals surface area contributed by atoms with E-state index in [1.807, 2.05) is 0 Å². The van der Waals surface area contributed by atoms with Gasteiger partial charge in [0.2, 0.25) is 0 Å². The van der Waals surface area contributed by atoms with E-state index < -0.39 is 0 Å². The second-order valence-corrected chi connectivity index (χ2v) is 4.20. The van der Waals surface area contributed by atoms with Gasteiger partial charge in [0.25, 0.3) is 0 Å². The van der Waals surface area contributed by atoms with Gasteiger partial charge in [-0.2, -0.15) is 0 Å². The minimum absolute atomic E-state index is 0.110. The van der Waals surface area contributed by atoms with E-state index in [0.29, 0.717) is 6.42 Å². The van der Waals surface area contributed by atoms with Crippen molar-refractivity contribution in [2.45, 2.75) is 58.3 Å². The standard InChI is InChI=1S/C13H27NO2/c1-3-4-5-6-7-8-11-14-12-9-10-13(15)16-2/h14H,3-12H2,1-2H3. The average molecular weight is 229 g/mol. The Balaban J connectivity index is 2.96. The van der Waals surface area contributed by atoms with Gasteiger partial charge in [-0.1, -0.05) is 39.0 Å². The van der Waals surface area contributed by atoms with Crippen molar-refractivity contribution in [3.8, 4) is 0 Å². The lowest BCUT2D eigenvalue weighted by molar-refractivity contribution is -0.140. The molecule has 0 aromatic rings. The van der Waals surface area contributed by atoms with Gasteiger partial charge in [-0.3, -0.25) is 4.79 Å². The number of methoxy groups -OCH3 is 1. The molecule has 16 heavy (non-hydrogen) atoms. The summed E-state index contributed by atoms with van der Waals surface area (Å²) in [6.07, 6.45) is 9.39. The molecule has 0 amide bonds. The lowest BCUT2D eigenvalue weighted by Gasteiger charge is -2.04. The predicted octanol–water partition coefficient (Wildman–Crippen LogP) is 2.89. The van der Waals surface area contributed by atoms with Crippen molar-refractivity contribution in [2.24, 2.45) is 0 Å². The highest BCUT2D eigenvalue weighted by Crippen LogP contribution is 2.03. The zero-order chi connectivity index (χ0) is 12.1. The van der Waals surface area contributed by atoms with Crippen molar-refractivity contribution in [1.82, 2.24) is 5.32 Å². The third-order valence-corrected chi connectivity index (χ3v) is 2.67. The summed E-state index contributed by atoms with van der Waals surface area (Å²) in [4.78, 5) is 10.8. The van der Waals surface area contributed by atoms with Crippen molar-refractivity contribution >= 4 is 5.97 Å². The number of esters is 1. The number of hydrogen-bond acceptors (Lipinski definition) is 3. The van der Waals surface area contributed by atoms with Crippen LogP contribution in [0.3, 0.4) is 0 Å². The van der Waals surface area contributed by atoms with E-state index in [1.165, 1.54) is 45.6 Å². The fourth-order valence-corrected chi connectivity index (χ4v) is 1.62. The van der Waals surface area contributed by atoms with E-state index in [9.17, 15) is 4.79 Å². The van der Waals surface area contributed by atoms with Crippen LogP contribution in [0, 0.1) is 0 Å². The van der Waals surface area contributed by atoms with Gasteiger partial charge in [0.1, 0.15) is 0 Å². The minimum atomic E-state index is -0.110. The molecule has 0 rings (SSSR count). The first-order valence-corrected chi connectivity index (χ1v) is 6.58. The maximum Gasteiger partial charge on any atom is 0.305 e. The van der Waals surface area contributed by atoms with Gasteiger partial charge in [-0.25, -0.2) is 0 Å². The van der Waals surface area contributed by atoms with Crippen LogP contribution >= 0.6 is 0 Å². The number of carbonyl (C=O) groups excluding carboxylic acids is 1. The first kappa shape index (κ1) is 15.4. The lowest BCUT2D eigenvalue weighted by atomic mass is 10.1. The molecule has 0 bridgehead atoms. The summed E-state index contributed by atoms with van der Waals surface area (Å²) >= 11 is 0. The van der Waals surface area contributed by atoms with Gasteiger partial charge < -0.3 is 10.1 Å². The van der Waals surface area contributed by atoms with E-state index >= 15 is 0 Å². The van der Waals surface area contributed by atoms with E-state index in [-0.39, 0.29) is 5.97 Å². The molecular formula is C13H27NO2. The highest BCUT2D eigenvalue weighted by molar-refractivity contribution is 5.68. The molecule has 0 heterocycles. The molecule has 0 fully saturated rings. The Labute approximate surface area is 99.9 Å². The number of rotatable bonds is 11. The molecule has 0 atom stereocenters. The quantitative estimate of drug-likeness (QED) is 0.437. The van der Waals surface area contributed by atoms with Gasteiger partial charge in [-0.05, 0) is 25.9 Å². The fraction of sp³-hybridized carbons (Fsp3) is 0.923. The van der Waals surface area contributed by atoms with Crippen LogP contribution in [-0.2, 0) is 9.53 Å².